The molecule has 2 amide bonds. The Bertz CT molecular complexity index is 616. The number of carbonyl (C=O) groups is 3. The summed E-state index contributed by atoms with van der Waals surface area (Å²) in [5, 5.41) is 0. The van der Waals surface area contributed by atoms with Gasteiger partial charge in [-0.25, -0.2) is 14.5 Å². The molecule has 0 aromatic heterocycles. The third-order valence-corrected chi connectivity index (χ3v) is 3.16. The number of methoxy groups -OCH3 is 1. The van der Waals surface area contributed by atoms with Crippen molar-refractivity contribution in [3.05, 3.63) is 29.8 Å². The summed E-state index contributed by atoms with van der Waals surface area (Å²) in [5.74, 6) is -0.0575. The molecular formula is C16H19NO6. The fourth-order valence-electron chi connectivity index (χ4n) is 2.17. The first kappa shape index (κ1) is 16.8. The maximum atomic E-state index is 12.3. The summed E-state index contributed by atoms with van der Waals surface area (Å²) in [6, 6.07) is 5.98. The average Bonchev–Trinajstić information content (AvgIpc) is 2.44. The smallest absolute Gasteiger partial charge is 0.427 e. The van der Waals surface area contributed by atoms with E-state index in [1.165, 1.54) is 7.11 Å². The van der Waals surface area contributed by atoms with Gasteiger partial charge in [0.2, 0.25) is 0 Å². The minimum atomic E-state index is -1.03. The molecule has 0 spiro atoms. The van der Waals surface area contributed by atoms with Gasteiger partial charge in [0.1, 0.15) is 11.4 Å². The number of ether oxygens (including phenoxy) is 3. The van der Waals surface area contributed by atoms with E-state index in [0.717, 1.165) is 4.90 Å². The standard InChI is InChI=1S/C16H19NO6/c1-16(2,3)23-15(20)17-12(9-13(18)22-14(17)19)10-5-7-11(21-4)8-6-10/h5-8,12H,9H2,1-4H3/t12-/m0/s1. The van der Waals surface area contributed by atoms with E-state index in [-0.39, 0.29) is 6.42 Å². The SMILES string of the molecule is COc1ccc([C@@H]2CC(=O)OC(=O)N2C(=O)OC(C)(C)C)cc1. The minimum Gasteiger partial charge on any atom is -0.497 e. The molecule has 1 saturated heterocycles. The molecule has 7 nitrogen and oxygen atoms in total. The molecule has 1 atom stereocenters. The second-order valence-electron chi connectivity index (χ2n) is 6.08. The van der Waals surface area contributed by atoms with Crippen LogP contribution in [0.2, 0.25) is 0 Å². The van der Waals surface area contributed by atoms with Crippen molar-refractivity contribution in [2.24, 2.45) is 0 Å². The van der Waals surface area contributed by atoms with Gasteiger partial charge in [-0.1, -0.05) is 12.1 Å². The normalized spacial score (nSPS) is 18.4. The van der Waals surface area contributed by atoms with Crippen LogP contribution >= 0.6 is 0 Å². The van der Waals surface area contributed by atoms with Crippen LogP contribution in [0.5, 0.6) is 5.75 Å². The molecule has 0 bridgehead atoms. The second-order valence-corrected chi connectivity index (χ2v) is 6.08. The molecule has 1 aliphatic rings. The van der Waals surface area contributed by atoms with Crippen LogP contribution < -0.4 is 4.74 Å². The number of cyclic esters (lactones) is 2. The lowest BCUT2D eigenvalue weighted by Gasteiger charge is -2.33. The highest BCUT2D eigenvalue weighted by Gasteiger charge is 2.42. The molecule has 2 rings (SSSR count). The summed E-state index contributed by atoms with van der Waals surface area (Å²) in [6.07, 6.45) is -2.01. The van der Waals surface area contributed by atoms with E-state index in [1.54, 1.807) is 45.0 Å². The highest BCUT2D eigenvalue weighted by atomic mass is 16.6. The molecule has 1 aromatic carbocycles. The van der Waals surface area contributed by atoms with Crippen LogP contribution in [0.1, 0.15) is 38.8 Å². The number of benzene rings is 1. The summed E-state index contributed by atoms with van der Waals surface area (Å²) < 4.78 is 14.9. The van der Waals surface area contributed by atoms with Crippen molar-refractivity contribution in [2.45, 2.75) is 38.8 Å². The average molecular weight is 321 g/mol. The first-order chi connectivity index (χ1) is 10.7. The van der Waals surface area contributed by atoms with Crippen molar-refractivity contribution in [2.75, 3.05) is 7.11 Å². The number of nitrogens with zero attached hydrogens (tertiary/aromatic N) is 1. The lowest BCUT2D eigenvalue weighted by atomic mass is 10.0. The molecule has 0 saturated carbocycles. The molecule has 1 aliphatic heterocycles. The monoisotopic (exact) mass is 321 g/mol. The van der Waals surface area contributed by atoms with Crippen LogP contribution in [0.25, 0.3) is 0 Å². The predicted octanol–water partition coefficient (Wildman–Crippen LogP) is 3.04. The van der Waals surface area contributed by atoms with Crippen molar-refractivity contribution in [3.8, 4) is 5.75 Å². The van der Waals surface area contributed by atoms with Gasteiger partial charge in [-0.05, 0) is 38.5 Å². The Morgan fingerprint density at radius 2 is 1.83 bits per heavy atom. The molecule has 1 heterocycles. The number of esters is 1. The zero-order valence-corrected chi connectivity index (χ0v) is 13.5. The Kier molecular flexibility index (Phi) is 4.58. The van der Waals surface area contributed by atoms with Crippen LogP contribution in [-0.4, -0.2) is 35.8 Å². The number of carbonyl (C=O) groups excluding carboxylic acids is 3. The Morgan fingerprint density at radius 1 is 1.22 bits per heavy atom. The van der Waals surface area contributed by atoms with Gasteiger partial charge in [-0.2, -0.15) is 0 Å². The van der Waals surface area contributed by atoms with E-state index >= 15 is 0 Å². The van der Waals surface area contributed by atoms with Crippen LogP contribution in [0.15, 0.2) is 24.3 Å². The lowest BCUT2D eigenvalue weighted by molar-refractivity contribution is -0.143. The van der Waals surface area contributed by atoms with Gasteiger partial charge >= 0.3 is 18.2 Å². The number of amides is 2. The van der Waals surface area contributed by atoms with Crippen LogP contribution in [0.3, 0.4) is 0 Å². The summed E-state index contributed by atoms with van der Waals surface area (Å²) in [7, 11) is 1.53. The van der Waals surface area contributed by atoms with E-state index in [2.05, 4.69) is 4.74 Å². The molecule has 23 heavy (non-hydrogen) atoms. The van der Waals surface area contributed by atoms with Gasteiger partial charge in [0, 0.05) is 0 Å². The van der Waals surface area contributed by atoms with Crippen molar-refractivity contribution in [1.82, 2.24) is 4.90 Å². The molecule has 7 heteroatoms. The maximum absolute atomic E-state index is 12.3. The Labute approximate surface area is 134 Å². The highest BCUT2D eigenvalue weighted by molar-refractivity contribution is 5.97. The quantitative estimate of drug-likeness (QED) is 0.615. The van der Waals surface area contributed by atoms with E-state index in [1.807, 2.05) is 0 Å². The van der Waals surface area contributed by atoms with Crippen molar-refractivity contribution >= 4 is 18.2 Å². The molecule has 0 N–H and O–H groups in total. The van der Waals surface area contributed by atoms with Gasteiger partial charge in [0.05, 0.1) is 19.6 Å². The first-order valence-electron chi connectivity index (χ1n) is 7.12. The van der Waals surface area contributed by atoms with Gasteiger partial charge in [-0.15, -0.1) is 0 Å². The topological polar surface area (TPSA) is 82.1 Å². The van der Waals surface area contributed by atoms with E-state index < -0.39 is 29.8 Å². The second kappa shape index (κ2) is 6.28. The zero-order valence-electron chi connectivity index (χ0n) is 13.5. The minimum absolute atomic E-state index is 0.128. The van der Waals surface area contributed by atoms with Gasteiger partial charge < -0.3 is 14.2 Å². The summed E-state index contributed by atoms with van der Waals surface area (Å²) >= 11 is 0. The van der Waals surface area contributed by atoms with Crippen molar-refractivity contribution in [3.63, 3.8) is 0 Å². The molecule has 0 radical (unpaired) electrons. The Hall–Kier alpha value is -2.57. The van der Waals surface area contributed by atoms with Crippen molar-refractivity contribution in [1.29, 1.82) is 0 Å². The lowest BCUT2D eigenvalue weighted by Crippen LogP contribution is -2.48. The number of imide groups is 1. The summed E-state index contributed by atoms with van der Waals surface area (Å²) in [4.78, 5) is 36.7. The van der Waals surface area contributed by atoms with E-state index in [9.17, 15) is 14.4 Å². The third-order valence-electron chi connectivity index (χ3n) is 3.16. The van der Waals surface area contributed by atoms with E-state index in [0.29, 0.717) is 11.3 Å². The number of hydrogen-bond donors (Lipinski definition) is 0. The highest BCUT2D eigenvalue weighted by Crippen LogP contribution is 2.31. The fraction of sp³-hybridized carbons (Fsp3) is 0.438. The van der Waals surface area contributed by atoms with Gasteiger partial charge in [0.25, 0.3) is 0 Å². The van der Waals surface area contributed by atoms with Gasteiger partial charge in [-0.3, -0.25) is 4.79 Å². The molecule has 1 fully saturated rings. The Morgan fingerprint density at radius 3 is 2.35 bits per heavy atom. The molecule has 1 aromatic rings. The first-order valence-corrected chi connectivity index (χ1v) is 7.12. The molecule has 0 aliphatic carbocycles. The number of hydrogen-bond acceptors (Lipinski definition) is 6. The van der Waals surface area contributed by atoms with Crippen LogP contribution in [-0.2, 0) is 14.3 Å². The fourth-order valence-corrected chi connectivity index (χ4v) is 2.17. The molecule has 124 valence electrons. The maximum Gasteiger partial charge on any atom is 0.427 e. The summed E-state index contributed by atoms with van der Waals surface area (Å²) in [5.41, 5.74) is -0.162. The third kappa shape index (κ3) is 4.00. The zero-order chi connectivity index (χ0) is 17.2. The van der Waals surface area contributed by atoms with Crippen molar-refractivity contribution < 1.29 is 28.6 Å². The van der Waals surface area contributed by atoms with Crippen LogP contribution in [0, 0.1) is 0 Å². The Balaban J connectivity index is 2.32. The van der Waals surface area contributed by atoms with Crippen LogP contribution in [0.4, 0.5) is 9.59 Å². The number of rotatable bonds is 2. The van der Waals surface area contributed by atoms with Gasteiger partial charge in [0.15, 0.2) is 0 Å². The van der Waals surface area contributed by atoms with E-state index in [4.69, 9.17) is 9.47 Å². The summed E-state index contributed by atoms with van der Waals surface area (Å²) in [6.45, 7) is 5.06. The molecule has 0 unspecified atom stereocenters. The predicted molar refractivity (Wildman–Crippen MR) is 79.9 cm³/mol. The molecular weight excluding hydrogens is 302 g/mol. The largest absolute Gasteiger partial charge is 0.497 e.